The Bertz CT molecular complexity index is 291. The van der Waals surface area contributed by atoms with Gasteiger partial charge in [0.15, 0.2) is 0 Å². The molecular formula is C10H20N2O2S. The second-order valence-electron chi connectivity index (χ2n) is 4.50. The Labute approximate surface area is 92.1 Å². The molecule has 0 aliphatic carbocycles. The third kappa shape index (κ3) is 2.92. The molecule has 2 fully saturated rings. The fraction of sp³-hybridized carbons (Fsp3) is 1.00. The van der Waals surface area contributed by atoms with Gasteiger partial charge in [-0.05, 0) is 38.6 Å². The Balaban J connectivity index is 1.81. The number of nitrogens with zero attached hydrogens (tertiary/aromatic N) is 1. The summed E-state index contributed by atoms with van der Waals surface area (Å²) in [6.07, 6.45) is 5.16. The van der Waals surface area contributed by atoms with E-state index in [2.05, 4.69) is 5.32 Å². The van der Waals surface area contributed by atoms with E-state index in [1.54, 1.807) is 4.31 Å². The molecule has 0 bridgehead atoms. The molecule has 2 saturated heterocycles. The molecule has 2 heterocycles. The summed E-state index contributed by atoms with van der Waals surface area (Å²) < 4.78 is 25.4. The lowest BCUT2D eigenvalue weighted by Gasteiger charge is -2.17. The van der Waals surface area contributed by atoms with Gasteiger partial charge in [-0.3, -0.25) is 0 Å². The molecule has 0 amide bonds. The van der Waals surface area contributed by atoms with Crippen molar-refractivity contribution in [1.29, 1.82) is 0 Å². The lowest BCUT2D eigenvalue weighted by molar-refractivity contribution is 0.470. The zero-order valence-electron chi connectivity index (χ0n) is 9.11. The SMILES string of the molecule is O=S(=O)(CCC1CCCN1)N1CCCC1. The van der Waals surface area contributed by atoms with Gasteiger partial charge < -0.3 is 5.32 Å². The summed E-state index contributed by atoms with van der Waals surface area (Å²) in [5.41, 5.74) is 0. The summed E-state index contributed by atoms with van der Waals surface area (Å²) >= 11 is 0. The molecule has 0 spiro atoms. The summed E-state index contributed by atoms with van der Waals surface area (Å²) in [4.78, 5) is 0. The van der Waals surface area contributed by atoms with E-state index in [4.69, 9.17) is 0 Å². The molecule has 0 saturated carbocycles. The second-order valence-corrected chi connectivity index (χ2v) is 6.59. The average Bonchev–Trinajstić information content (AvgIpc) is 2.88. The zero-order chi connectivity index (χ0) is 10.7. The molecule has 2 aliphatic heterocycles. The predicted octanol–water partition coefficient (Wildman–Crippen LogP) is 0.554. The van der Waals surface area contributed by atoms with Crippen LogP contribution in [0.2, 0.25) is 0 Å². The van der Waals surface area contributed by atoms with Gasteiger partial charge in [0.25, 0.3) is 0 Å². The predicted molar refractivity (Wildman–Crippen MR) is 60.2 cm³/mol. The van der Waals surface area contributed by atoms with E-state index in [0.29, 0.717) is 11.8 Å². The van der Waals surface area contributed by atoms with Crippen LogP contribution in [0.3, 0.4) is 0 Å². The van der Waals surface area contributed by atoms with Gasteiger partial charge in [0.05, 0.1) is 5.75 Å². The Kier molecular flexibility index (Phi) is 3.64. The summed E-state index contributed by atoms with van der Waals surface area (Å²) in [5, 5.41) is 3.34. The monoisotopic (exact) mass is 232 g/mol. The smallest absolute Gasteiger partial charge is 0.214 e. The van der Waals surface area contributed by atoms with Crippen LogP contribution >= 0.6 is 0 Å². The van der Waals surface area contributed by atoms with Crippen LogP contribution in [0, 0.1) is 0 Å². The topological polar surface area (TPSA) is 49.4 Å². The molecule has 0 radical (unpaired) electrons. The number of sulfonamides is 1. The van der Waals surface area contributed by atoms with Crippen LogP contribution in [-0.2, 0) is 10.0 Å². The lowest BCUT2D eigenvalue weighted by Crippen LogP contribution is -2.33. The van der Waals surface area contributed by atoms with E-state index < -0.39 is 10.0 Å². The molecule has 0 aromatic carbocycles. The fourth-order valence-corrected chi connectivity index (χ4v) is 4.04. The third-order valence-electron chi connectivity index (χ3n) is 3.35. The van der Waals surface area contributed by atoms with Gasteiger partial charge in [-0.2, -0.15) is 0 Å². The van der Waals surface area contributed by atoms with Crippen molar-refractivity contribution in [3.8, 4) is 0 Å². The normalized spacial score (nSPS) is 28.7. The number of nitrogens with one attached hydrogen (secondary N) is 1. The Morgan fingerprint density at radius 3 is 2.53 bits per heavy atom. The quantitative estimate of drug-likeness (QED) is 0.770. The molecule has 1 atom stereocenters. The first-order chi connectivity index (χ1) is 7.18. The van der Waals surface area contributed by atoms with Crippen molar-refractivity contribution < 1.29 is 8.42 Å². The molecule has 88 valence electrons. The molecule has 15 heavy (non-hydrogen) atoms. The highest BCUT2D eigenvalue weighted by Crippen LogP contribution is 2.16. The van der Waals surface area contributed by atoms with Crippen molar-refractivity contribution in [2.75, 3.05) is 25.4 Å². The molecular weight excluding hydrogens is 212 g/mol. The first-order valence-electron chi connectivity index (χ1n) is 5.90. The van der Waals surface area contributed by atoms with Crippen molar-refractivity contribution in [3.05, 3.63) is 0 Å². The van der Waals surface area contributed by atoms with Crippen LogP contribution in [-0.4, -0.2) is 44.2 Å². The molecule has 1 unspecified atom stereocenters. The standard InChI is InChI=1S/C10H20N2O2S/c13-15(14,12-7-1-2-8-12)9-5-10-4-3-6-11-10/h10-11H,1-9H2. The Morgan fingerprint density at radius 1 is 1.20 bits per heavy atom. The van der Waals surface area contributed by atoms with E-state index in [9.17, 15) is 8.42 Å². The molecule has 0 aromatic heterocycles. The third-order valence-corrected chi connectivity index (χ3v) is 5.25. The van der Waals surface area contributed by atoms with Crippen LogP contribution in [0.5, 0.6) is 0 Å². The van der Waals surface area contributed by atoms with Crippen molar-refractivity contribution in [2.45, 2.75) is 38.1 Å². The molecule has 0 aromatic rings. The maximum Gasteiger partial charge on any atom is 0.214 e. The largest absolute Gasteiger partial charge is 0.314 e. The van der Waals surface area contributed by atoms with Crippen molar-refractivity contribution in [3.63, 3.8) is 0 Å². The second kappa shape index (κ2) is 4.80. The number of hydrogen-bond acceptors (Lipinski definition) is 3. The molecule has 4 nitrogen and oxygen atoms in total. The van der Waals surface area contributed by atoms with Gasteiger partial charge >= 0.3 is 0 Å². The zero-order valence-corrected chi connectivity index (χ0v) is 9.93. The number of rotatable bonds is 4. The van der Waals surface area contributed by atoms with E-state index in [0.717, 1.165) is 45.3 Å². The van der Waals surface area contributed by atoms with Crippen molar-refractivity contribution in [2.24, 2.45) is 0 Å². The minimum atomic E-state index is -2.95. The lowest BCUT2D eigenvalue weighted by atomic mass is 10.2. The van der Waals surface area contributed by atoms with Crippen LogP contribution in [0.25, 0.3) is 0 Å². The van der Waals surface area contributed by atoms with E-state index in [1.165, 1.54) is 6.42 Å². The summed E-state index contributed by atoms with van der Waals surface area (Å²) in [7, 11) is -2.95. The molecule has 5 heteroatoms. The van der Waals surface area contributed by atoms with Crippen LogP contribution < -0.4 is 5.32 Å². The van der Waals surface area contributed by atoms with Gasteiger partial charge in [0.2, 0.25) is 10.0 Å². The van der Waals surface area contributed by atoms with E-state index in [-0.39, 0.29) is 0 Å². The molecule has 1 N–H and O–H groups in total. The van der Waals surface area contributed by atoms with Crippen molar-refractivity contribution in [1.82, 2.24) is 9.62 Å². The van der Waals surface area contributed by atoms with Gasteiger partial charge in [0.1, 0.15) is 0 Å². The van der Waals surface area contributed by atoms with E-state index in [1.807, 2.05) is 0 Å². The summed E-state index contributed by atoms with van der Waals surface area (Å²) in [6.45, 7) is 2.52. The van der Waals surface area contributed by atoms with Crippen LogP contribution in [0.4, 0.5) is 0 Å². The minimum absolute atomic E-state index is 0.324. The van der Waals surface area contributed by atoms with E-state index >= 15 is 0 Å². The van der Waals surface area contributed by atoms with Gasteiger partial charge in [-0.25, -0.2) is 12.7 Å². The first-order valence-corrected chi connectivity index (χ1v) is 7.50. The van der Waals surface area contributed by atoms with Crippen molar-refractivity contribution >= 4 is 10.0 Å². The Hall–Kier alpha value is -0.130. The average molecular weight is 232 g/mol. The number of hydrogen-bond donors (Lipinski definition) is 1. The molecule has 2 aliphatic rings. The first kappa shape index (κ1) is 11.4. The highest BCUT2D eigenvalue weighted by atomic mass is 32.2. The summed E-state index contributed by atoms with van der Waals surface area (Å²) in [5.74, 6) is 0.324. The fourth-order valence-electron chi connectivity index (χ4n) is 2.39. The van der Waals surface area contributed by atoms with Gasteiger partial charge in [-0.1, -0.05) is 0 Å². The molecule has 2 rings (SSSR count). The van der Waals surface area contributed by atoms with Crippen LogP contribution in [0.1, 0.15) is 32.1 Å². The maximum atomic E-state index is 11.9. The minimum Gasteiger partial charge on any atom is -0.314 e. The van der Waals surface area contributed by atoms with Crippen LogP contribution in [0.15, 0.2) is 0 Å². The maximum absolute atomic E-state index is 11.9. The Morgan fingerprint density at radius 2 is 1.93 bits per heavy atom. The van der Waals surface area contributed by atoms with Gasteiger partial charge in [0, 0.05) is 19.1 Å². The summed E-state index contributed by atoms with van der Waals surface area (Å²) in [6, 6.07) is 0.433. The highest BCUT2D eigenvalue weighted by molar-refractivity contribution is 7.89. The van der Waals surface area contributed by atoms with Gasteiger partial charge in [-0.15, -0.1) is 0 Å². The highest BCUT2D eigenvalue weighted by Gasteiger charge is 2.26.